The van der Waals surface area contributed by atoms with Crippen LogP contribution in [0.1, 0.15) is 85.1 Å². The van der Waals surface area contributed by atoms with Gasteiger partial charge in [0.25, 0.3) is 5.91 Å². The predicted octanol–water partition coefficient (Wildman–Crippen LogP) is -1.61. The van der Waals surface area contributed by atoms with E-state index in [1.807, 2.05) is 0 Å². The van der Waals surface area contributed by atoms with E-state index in [-0.39, 0.29) is 56.3 Å². The molecule has 0 bridgehead atoms. The smallest absolute Gasteiger partial charge is 0.326 e. The number of carbonyl (C=O) groups excluding carboxylic acids is 5. The second-order valence-electron chi connectivity index (χ2n) is 15.3. The molecule has 0 saturated carbocycles. The number of rotatable bonds is 21. The van der Waals surface area contributed by atoms with Crippen molar-refractivity contribution in [2.45, 2.75) is 115 Å². The zero-order chi connectivity index (χ0) is 43.4. The Hall–Kier alpha value is -5.70. The summed E-state index contributed by atoms with van der Waals surface area (Å²) in [4.78, 5) is 82.4. The van der Waals surface area contributed by atoms with Gasteiger partial charge in [0.2, 0.25) is 23.6 Å². The lowest BCUT2D eigenvalue weighted by atomic mass is 9.84. The van der Waals surface area contributed by atoms with Crippen LogP contribution in [0.15, 0.2) is 29.3 Å². The first-order valence-electron chi connectivity index (χ1n) is 19.2. The topological polar surface area (TPSA) is 323 Å². The first kappa shape index (κ1) is 46.7. The summed E-state index contributed by atoms with van der Waals surface area (Å²) in [5.74, 6) is -4.41. The highest BCUT2D eigenvalue weighted by atomic mass is 16.5. The van der Waals surface area contributed by atoms with Crippen LogP contribution in [0, 0.1) is 5.21 Å². The summed E-state index contributed by atoms with van der Waals surface area (Å²) in [7, 11) is 0. The lowest BCUT2D eigenvalue weighted by Gasteiger charge is -2.32. The van der Waals surface area contributed by atoms with Crippen molar-refractivity contribution in [2.75, 3.05) is 32.8 Å². The number of amides is 5. The zero-order valence-corrected chi connectivity index (χ0v) is 33.7. The summed E-state index contributed by atoms with van der Waals surface area (Å²) < 4.78 is 6.22. The quantitative estimate of drug-likeness (QED) is 0.0228. The normalized spacial score (nSPS) is 18.4. The highest BCUT2D eigenvalue weighted by molar-refractivity contribution is 5.97. The molecule has 58 heavy (non-hydrogen) atoms. The van der Waals surface area contributed by atoms with Crippen molar-refractivity contribution in [3.63, 3.8) is 0 Å². The molecule has 0 spiro atoms. The van der Waals surface area contributed by atoms with Gasteiger partial charge in [0.1, 0.15) is 35.5 Å². The molecule has 321 valence electrons. The minimum atomic E-state index is -1.22. The fourth-order valence-electron chi connectivity index (χ4n) is 6.35. The SMILES string of the molecule is C[C@H](NC(=O)[C@@H]1CCCN1C(=O)[C@H](CCCN=C(N)N)NC(=O)CNC(=O)COc1ccc(C2=[N+]([O-])C(C)(C)C(C)(C)N2[O])cc1)C(=O)N[C@@H](CCCCN)C(=O)O. The van der Waals surface area contributed by atoms with Crippen LogP contribution < -0.4 is 43.2 Å². The molecule has 0 aliphatic carbocycles. The molecule has 3 rings (SSSR count). The molecule has 5 amide bonds. The van der Waals surface area contributed by atoms with E-state index in [1.54, 1.807) is 27.7 Å². The molecular weight excluding hydrogens is 758 g/mol. The number of carbonyl (C=O) groups is 6. The van der Waals surface area contributed by atoms with Gasteiger partial charge in [-0.1, -0.05) is 5.06 Å². The van der Waals surface area contributed by atoms with Gasteiger partial charge in [-0.2, -0.15) is 0 Å². The highest BCUT2D eigenvalue weighted by Gasteiger charge is 2.60. The van der Waals surface area contributed by atoms with E-state index < -0.39 is 83.9 Å². The first-order chi connectivity index (χ1) is 27.2. The zero-order valence-electron chi connectivity index (χ0n) is 33.7. The van der Waals surface area contributed by atoms with Gasteiger partial charge in [-0.05, 0) is 110 Å². The number of amidine groups is 1. The molecule has 21 heteroatoms. The summed E-state index contributed by atoms with van der Waals surface area (Å²) in [6, 6.07) is 1.69. The number of carboxylic acids is 1. The van der Waals surface area contributed by atoms with Crippen LogP contribution in [0.4, 0.5) is 0 Å². The van der Waals surface area contributed by atoms with Gasteiger partial charge in [-0.15, -0.1) is 0 Å². The molecule has 2 aliphatic rings. The standard InChI is InChI=1S/C37H58N11O10/c1-22(30(51)45-26(34(54)55)10-6-7-17-38)43-31(52)27-12-9-19-46(27)33(53)25(11-8-18-41-35(39)40)44-28(49)20-42-29(50)21-58-24-15-13-23(14-16-24)32-47(56)36(2,3)37(4,5)48(32)57/h13-16,22,25-27H,6-12,17-21,38H2,1-5H3,(H,42,50)(H,43,52)(H,44,49)(H,45,51)(H,54,55)(H4,39,40,41)/t22-,25-,26-,27-/m0/s1. The van der Waals surface area contributed by atoms with Crippen LogP contribution in [0.2, 0.25) is 0 Å². The van der Waals surface area contributed by atoms with Crippen LogP contribution >= 0.6 is 0 Å². The Morgan fingerprint density at radius 1 is 0.983 bits per heavy atom. The Balaban J connectivity index is 1.58. The van der Waals surface area contributed by atoms with Crippen molar-refractivity contribution in [2.24, 2.45) is 22.2 Å². The molecule has 0 unspecified atom stereocenters. The van der Waals surface area contributed by atoms with Crippen molar-refractivity contribution in [1.29, 1.82) is 0 Å². The van der Waals surface area contributed by atoms with Gasteiger partial charge in [0.05, 0.1) is 12.1 Å². The van der Waals surface area contributed by atoms with E-state index in [0.29, 0.717) is 41.2 Å². The Labute approximate surface area is 337 Å². The van der Waals surface area contributed by atoms with E-state index in [4.69, 9.17) is 21.9 Å². The van der Waals surface area contributed by atoms with Crippen molar-refractivity contribution in [1.82, 2.24) is 31.2 Å². The minimum absolute atomic E-state index is 0.0430. The van der Waals surface area contributed by atoms with Gasteiger partial charge >= 0.3 is 11.8 Å². The van der Waals surface area contributed by atoms with E-state index >= 15 is 0 Å². The number of nitrogens with zero attached hydrogens (tertiary/aromatic N) is 4. The number of aliphatic imine (C=N–C) groups is 1. The van der Waals surface area contributed by atoms with E-state index in [1.165, 1.54) is 36.1 Å². The van der Waals surface area contributed by atoms with Gasteiger partial charge in [-0.3, -0.25) is 33.7 Å². The van der Waals surface area contributed by atoms with Crippen molar-refractivity contribution in [3.05, 3.63) is 35.0 Å². The Bertz CT molecular complexity index is 1710. The number of aliphatic carboxylic acids is 1. The fourth-order valence-corrected chi connectivity index (χ4v) is 6.35. The number of likely N-dealkylation sites (tertiary alicyclic amines) is 1. The highest BCUT2D eigenvalue weighted by Crippen LogP contribution is 2.37. The monoisotopic (exact) mass is 816 g/mol. The van der Waals surface area contributed by atoms with Crippen LogP contribution in [0.25, 0.3) is 0 Å². The number of carboxylic acid groups (broad SMARTS) is 1. The second-order valence-corrected chi connectivity index (χ2v) is 15.3. The van der Waals surface area contributed by atoms with Crippen molar-refractivity contribution < 1.29 is 48.6 Å². The number of benzene rings is 1. The van der Waals surface area contributed by atoms with E-state index in [0.717, 1.165) is 0 Å². The van der Waals surface area contributed by atoms with Crippen LogP contribution in [-0.4, -0.2) is 135 Å². The molecule has 2 aliphatic heterocycles. The molecule has 2 heterocycles. The number of nitrogens with two attached hydrogens (primary N) is 3. The third-order valence-electron chi connectivity index (χ3n) is 10.6. The largest absolute Gasteiger partial charge is 0.714 e. The maximum Gasteiger partial charge on any atom is 0.326 e. The molecule has 1 fully saturated rings. The Kier molecular flexibility index (Phi) is 16.6. The number of hydroxylamine groups is 3. The first-order valence-corrected chi connectivity index (χ1v) is 19.2. The molecule has 4 atom stereocenters. The molecular formula is C37H58N11O10. The molecule has 11 N–H and O–H groups in total. The number of unbranched alkanes of at least 4 members (excludes halogenated alkanes) is 1. The molecule has 0 aromatic heterocycles. The predicted molar refractivity (Wildman–Crippen MR) is 210 cm³/mol. The fraction of sp³-hybridized carbons (Fsp3) is 0.622. The van der Waals surface area contributed by atoms with Gasteiger partial charge in [0.15, 0.2) is 18.1 Å². The average Bonchev–Trinajstić information content (AvgIpc) is 3.71. The number of hydrogen-bond donors (Lipinski definition) is 8. The summed E-state index contributed by atoms with van der Waals surface area (Å²) in [5, 5.41) is 46.1. The maximum absolute atomic E-state index is 13.8. The third kappa shape index (κ3) is 11.9. The maximum atomic E-state index is 13.8. The van der Waals surface area contributed by atoms with Gasteiger partial charge < -0.3 is 58.4 Å². The minimum Gasteiger partial charge on any atom is -0.714 e. The molecule has 1 radical (unpaired) electrons. The summed E-state index contributed by atoms with van der Waals surface area (Å²) >= 11 is 0. The lowest BCUT2D eigenvalue weighted by molar-refractivity contribution is -0.539. The molecule has 1 saturated heterocycles. The summed E-state index contributed by atoms with van der Waals surface area (Å²) in [6.45, 7) is 7.88. The van der Waals surface area contributed by atoms with Crippen LogP contribution in [0.3, 0.4) is 0 Å². The van der Waals surface area contributed by atoms with E-state index in [9.17, 15) is 44.3 Å². The molecule has 1 aromatic carbocycles. The van der Waals surface area contributed by atoms with E-state index in [2.05, 4.69) is 26.3 Å². The Morgan fingerprint density at radius 3 is 2.22 bits per heavy atom. The number of nitrogens with one attached hydrogen (secondary N) is 4. The number of hydrogen-bond acceptors (Lipinski definition) is 11. The van der Waals surface area contributed by atoms with Gasteiger partial charge in [-0.25, -0.2) is 4.79 Å². The third-order valence-corrected chi connectivity index (χ3v) is 10.6. The number of guanidine groups is 1. The molecule has 21 nitrogen and oxygen atoms in total. The van der Waals surface area contributed by atoms with Crippen molar-refractivity contribution >= 4 is 47.3 Å². The van der Waals surface area contributed by atoms with Crippen molar-refractivity contribution in [3.8, 4) is 5.75 Å². The summed E-state index contributed by atoms with van der Waals surface area (Å²) in [6.07, 6.45) is 2.34. The molecule has 1 aromatic rings. The van der Waals surface area contributed by atoms with Crippen LogP contribution in [0.5, 0.6) is 5.75 Å². The second kappa shape index (κ2) is 20.6. The lowest BCUT2D eigenvalue weighted by Crippen LogP contribution is -2.57. The Morgan fingerprint density at radius 2 is 1.64 bits per heavy atom. The van der Waals surface area contributed by atoms with Crippen LogP contribution in [-0.2, 0) is 34.0 Å². The summed E-state index contributed by atoms with van der Waals surface area (Å²) in [5.41, 5.74) is 14.7. The van der Waals surface area contributed by atoms with Gasteiger partial charge in [0, 0.05) is 18.3 Å². The average molecular weight is 817 g/mol. The number of ether oxygens (including phenoxy) is 1.